The summed E-state index contributed by atoms with van der Waals surface area (Å²) < 4.78 is 24.1. The molecule has 0 saturated carbocycles. The predicted molar refractivity (Wildman–Crippen MR) is 61.6 cm³/mol. The van der Waals surface area contributed by atoms with Crippen LogP contribution in [0.5, 0.6) is 5.75 Å². The third-order valence-corrected chi connectivity index (χ3v) is 3.18. The molecular formula is C13H17FO3. The summed E-state index contributed by atoms with van der Waals surface area (Å²) in [5.74, 6) is -0.133. The number of aliphatic hydroxyl groups excluding tert-OH is 1. The number of rotatable bonds is 3. The molecule has 1 saturated heterocycles. The van der Waals surface area contributed by atoms with Crippen LogP contribution in [0, 0.1) is 11.7 Å². The molecule has 0 aromatic heterocycles. The Bertz CT molecular complexity index is 381. The molecule has 0 spiro atoms. The minimum Gasteiger partial charge on any atom is -0.494 e. The number of aliphatic hydroxyl groups is 1. The maximum Gasteiger partial charge on any atom is 0.168 e. The average Bonchev–Trinajstić information content (AvgIpc) is 2.34. The highest BCUT2D eigenvalue weighted by Crippen LogP contribution is 2.25. The summed E-state index contributed by atoms with van der Waals surface area (Å²) in [6, 6.07) is 5.07. The Morgan fingerprint density at radius 1 is 1.53 bits per heavy atom. The summed E-state index contributed by atoms with van der Waals surface area (Å²) >= 11 is 0. The molecule has 1 heterocycles. The Morgan fingerprint density at radius 2 is 2.35 bits per heavy atom. The van der Waals surface area contributed by atoms with Crippen molar-refractivity contribution in [3.8, 4) is 5.75 Å². The lowest BCUT2D eigenvalue weighted by Crippen LogP contribution is -2.33. The summed E-state index contributed by atoms with van der Waals surface area (Å²) in [7, 11) is 1.45. The molecule has 0 aliphatic carbocycles. The monoisotopic (exact) mass is 240 g/mol. The summed E-state index contributed by atoms with van der Waals surface area (Å²) in [4.78, 5) is 0. The fourth-order valence-electron chi connectivity index (χ4n) is 2.13. The lowest BCUT2D eigenvalue weighted by atomic mass is 9.91. The topological polar surface area (TPSA) is 38.7 Å². The fourth-order valence-corrected chi connectivity index (χ4v) is 2.13. The van der Waals surface area contributed by atoms with Gasteiger partial charge < -0.3 is 14.6 Å². The van der Waals surface area contributed by atoms with Crippen LogP contribution >= 0.6 is 0 Å². The molecule has 1 aromatic rings. The van der Waals surface area contributed by atoms with E-state index in [9.17, 15) is 9.50 Å². The molecule has 1 fully saturated rings. The first kappa shape index (κ1) is 12.3. The molecule has 2 atom stereocenters. The first-order valence-electron chi connectivity index (χ1n) is 5.79. The standard InChI is InChI=1S/C13H17FO3/c1-16-12-4-2-3-9(13(12)14)7-10-8-17-6-5-11(10)15/h2-4,10-11,15H,5-8H2,1H3. The molecule has 3 nitrogen and oxygen atoms in total. The molecule has 4 heteroatoms. The van der Waals surface area contributed by atoms with E-state index in [0.717, 1.165) is 0 Å². The molecule has 1 aliphatic heterocycles. The second-order valence-electron chi connectivity index (χ2n) is 4.33. The van der Waals surface area contributed by atoms with Crippen LogP contribution < -0.4 is 4.74 Å². The zero-order chi connectivity index (χ0) is 12.3. The third-order valence-electron chi connectivity index (χ3n) is 3.18. The molecule has 1 aromatic carbocycles. The van der Waals surface area contributed by atoms with Crippen LogP contribution in [0.2, 0.25) is 0 Å². The molecule has 17 heavy (non-hydrogen) atoms. The van der Waals surface area contributed by atoms with E-state index in [1.165, 1.54) is 7.11 Å². The highest BCUT2D eigenvalue weighted by molar-refractivity contribution is 5.31. The molecule has 0 amide bonds. The van der Waals surface area contributed by atoms with E-state index in [0.29, 0.717) is 31.6 Å². The van der Waals surface area contributed by atoms with Crippen LogP contribution in [0.25, 0.3) is 0 Å². The number of hydrogen-bond acceptors (Lipinski definition) is 3. The van der Waals surface area contributed by atoms with Crippen molar-refractivity contribution in [1.29, 1.82) is 0 Å². The van der Waals surface area contributed by atoms with Gasteiger partial charge in [0.2, 0.25) is 0 Å². The Balaban J connectivity index is 2.12. The first-order chi connectivity index (χ1) is 8.22. The Kier molecular flexibility index (Phi) is 3.97. The summed E-state index contributed by atoms with van der Waals surface area (Å²) in [5.41, 5.74) is 0.568. The zero-order valence-electron chi connectivity index (χ0n) is 9.86. The molecular weight excluding hydrogens is 223 g/mol. The number of ether oxygens (including phenoxy) is 2. The molecule has 0 radical (unpaired) electrons. The van der Waals surface area contributed by atoms with Gasteiger partial charge in [0.05, 0.1) is 19.8 Å². The van der Waals surface area contributed by atoms with Gasteiger partial charge in [0.1, 0.15) is 0 Å². The van der Waals surface area contributed by atoms with Gasteiger partial charge in [-0.3, -0.25) is 0 Å². The highest BCUT2D eigenvalue weighted by atomic mass is 19.1. The lowest BCUT2D eigenvalue weighted by Gasteiger charge is -2.27. The summed E-state index contributed by atoms with van der Waals surface area (Å²) in [6.07, 6.45) is 0.690. The van der Waals surface area contributed by atoms with Crippen LogP contribution in [0.3, 0.4) is 0 Å². The van der Waals surface area contributed by atoms with Crippen molar-refractivity contribution in [2.24, 2.45) is 5.92 Å². The van der Waals surface area contributed by atoms with Gasteiger partial charge in [-0.2, -0.15) is 0 Å². The van der Waals surface area contributed by atoms with Crippen molar-refractivity contribution in [3.63, 3.8) is 0 Å². The molecule has 2 rings (SSSR count). The molecule has 1 aliphatic rings. The minimum absolute atomic E-state index is 0.0367. The van der Waals surface area contributed by atoms with Gasteiger partial charge in [0, 0.05) is 12.5 Å². The zero-order valence-corrected chi connectivity index (χ0v) is 9.86. The van der Waals surface area contributed by atoms with Gasteiger partial charge in [0.25, 0.3) is 0 Å². The number of halogens is 1. The van der Waals surface area contributed by atoms with Gasteiger partial charge in [-0.15, -0.1) is 0 Å². The van der Waals surface area contributed by atoms with E-state index in [-0.39, 0.29) is 17.5 Å². The number of methoxy groups -OCH3 is 1. The van der Waals surface area contributed by atoms with Crippen molar-refractivity contribution in [2.75, 3.05) is 20.3 Å². The average molecular weight is 240 g/mol. The van der Waals surface area contributed by atoms with Crippen molar-refractivity contribution in [3.05, 3.63) is 29.6 Å². The van der Waals surface area contributed by atoms with Crippen LogP contribution in [0.4, 0.5) is 4.39 Å². The van der Waals surface area contributed by atoms with Crippen molar-refractivity contribution in [2.45, 2.75) is 18.9 Å². The van der Waals surface area contributed by atoms with E-state index in [4.69, 9.17) is 9.47 Å². The Labute approximate surface area is 100 Å². The van der Waals surface area contributed by atoms with Crippen LogP contribution in [0.1, 0.15) is 12.0 Å². The number of hydrogen-bond donors (Lipinski definition) is 1. The van der Waals surface area contributed by atoms with Gasteiger partial charge in [0.15, 0.2) is 11.6 Å². The largest absolute Gasteiger partial charge is 0.494 e. The first-order valence-corrected chi connectivity index (χ1v) is 5.79. The predicted octanol–water partition coefficient (Wildman–Crippen LogP) is 1.77. The highest BCUT2D eigenvalue weighted by Gasteiger charge is 2.25. The molecule has 94 valence electrons. The van der Waals surface area contributed by atoms with Gasteiger partial charge in [-0.25, -0.2) is 4.39 Å². The molecule has 1 N–H and O–H groups in total. The van der Waals surface area contributed by atoms with E-state index in [2.05, 4.69) is 0 Å². The van der Waals surface area contributed by atoms with E-state index in [1.807, 2.05) is 0 Å². The van der Waals surface area contributed by atoms with E-state index >= 15 is 0 Å². The summed E-state index contributed by atoms with van der Waals surface area (Å²) in [6.45, 7) is 1.07. The van der Waals surface area contributed by atoms with Gasteiger partial charge in [-0.1, -0.05) is 12.1 Å². The molecule has 0 bridgehead atoms. The van der Waals surface area contributed by atoms with Gasteiger partial charge in [-0.05, 0) is 24.5 Å². The maximum absolute atomic E-state index is 13.9. The van der Waals surface area contributed by atoms with E-state index in [1.54, 1.807) is 18.2 Å². The van der Waals surface area contributed by atoms with Crippen molar-refractivity contribution in [1.82, 2.24) is 0 Å². The molecule has 2 unspecified atom stereocenters. The summed E-state index contributed by atoms with van der Waals surface area (Å²) in [5, 5.41) is 9.81. The Morgan fingerprint density at radius 3 is 3.06 bits per heavy atom. The van der Waals surface area contributed by atoms with Crippen LogP contribution in [-0.4, -0.2) is 31.5 Å². The number of benzene rings is 1. The van der Waals surface area contributed by atoms with Crippen LogP contribution in [-0.2, 0) is 11.2 Å². The smallest absolute Gasteiger partial charge is 0.168 e. The van der Waals surface area contributed by atoms with Crippen molar-refractivity contribution < 1.29 is 19.0 Å². The second kappa shape index (κ2) is 5.47. The fraction of sp³-hybridized carbons (Fsp3) is 0.538. The van der Waals surface area contributed by atoms with Crippen LogP contribution in [0.15, 0.2) is 18.2 Å². The van der Waals surface area contributed by atoms with Gasteiger partial charge >= 0.3 is 0 Å². The van der Waals surface area contributed by atoms with Crippen molar-refractivity contribution >= 4 is 0 Å². The normalized spacial score (nSPS) is 24.6. The SMILES string of the molecule is COc1cccc(CC2COCCC2O)c1F. The van der Waals surface area contributed by atoms with E-state index < -0.39 is 6.10 Å². The third kappa shape index (κ3) is 2.76. The Hall–Kier alpha value is -1.13. The lowest BCUT2D eigenvalue weighted by molar-refractivity contribution is -0.0353. The minimum atomic E-state index is -0.408. The maximum atomic E-state index is 13.9. The second-order valence-corrected chi connectivity index (χ2v) is 4.33. The quantitative estimate of drug-likeness (QED) is 0.875.